The molecule has 2 rings (SSSR count). The zero-order valence-corrected chi connectivity index (χ0v) is 14.1. The maximum atomic E-state index is 12.5. The molecule has 6 nitrogen and oxygen atoms in total. The number of amides is 1. The number of nitrogens with two attached hydrogens (primary N) is 1. The quantitative estimate of drug-likeness (QED) is 0.837. The molecule has 0 unspecified atom stereocenters. The molecule has 0 bridgehead atoms. The minimum Gasteiger partial charge on any atom is -0.496 e. The molecule has 0 saturated heterocycles. The standard InChI is InChI=1S/C17H26N2O4/c1-21-12-9-14(22-2)13(15(10-12)23-3)11-19-16(20)17(18)7-5-4-6-8-17/h9-10H,4-8,11,18H2,1-3H3,(H,19,20). The van der Waals surface area contributed by atoms with Crippen LogP contribution in [0, 0.1) is 0 Å². The first-order valence-electron chi connectivity index (χ1n) is 7.90. The molecular formula is C17H26N2O4. The number of benzene rings is 1. The molecule has 3 N–H and O–H groups in total. The molecule has 0 heterocycles. The molecule has 23 heavy (non-hydrogen) atoms. The van der Waals surface area contributed by atoms with Crippen molar-refractivity contribution in [1.29, 1.82) is 0 Å². The number of carbonyl (C=O) groups is 1. The Morgan fingerprint density at radius 1 is 1.09 bits per heavy atom. The Morgan fingerprint density at radius 3 is 2.13 bits per heavy atom. The largest absolute Gasteiger partial charge is 0.496 e. The highest BCUT2D eigenvalue weighted by atomic mass is 16.5. The van der Waals surface area contributed by atoms with E-state index in [1.54, 1.807) is 33.5 Å². The monoisotopic (exact) mass is 322 g/mol. The number of hydrogen-bond acceptors (Lipinski definition) is 5. The van der Waals surface area contributed by atoms with E-state index in [-0.39, 0.29) is 5.91 Å². The molecule has 0 spiro atoms. The average molecular weight is 322 g/mol. The fourth-order valence-electron chi connectivity index (χ4n) is 3.01. The number of hydrogen-bond donors (Lipinski definition) is 2. The van der Waals surface area contributed by atoms with Gasteiger partial charge in [0.05, 0.1) is 39.0 Å². The first-order valence-corrected chi connectivity index (χ1v) is 7.90. The third-order valence-electron chi connectivity index (χ3n) is 4.44. The Hall–Kier alpha value is -1.95. The summed E-state index contributed by atoms with van der Waals surface area (Å²) < 4.78 is 16.0. The van der Waals surface area contributed by atoms with Gasteiger partial charge in [-0.1, -0.05) is 19.3 Å². The van der Waals surface area contributed by atoms with Gasteiger partial charge in [-0.25, -0.2) is 0 Å². The third kappa shape index (κ3) is 3.88. The zero-order chi connectivity index (χ0) is 16.9. The van der Waals surface area contributed by atoms with Crippen LogP contribution >= 0.6 is 0 Å². The Balaban J connectivity index is 2.14. The molecule has 0 radical (unpaired) electrons. The van der Waals surface area contributed by atoms with Crippen molar-refractivity contribution in [2.75, 3.05) is 21.3 Å². The molecular weight excluding hydrogens is 296 g/mol. The van der Waals surface area contributed by atoms with E-state index in [0.29, 0.717) is 23.8 Å². The summed E-state index contributed by atoms with van der Waals surface area (Å²) in [4.78, 5) is 12.5. The molecule has 1 saturated carbocycles. The second kappa shape index (κ2) is 7.55. The van der Waals surface area contributed by atoms with Crippen molar-refractivity contribution in [3.05, 3.63) is 17.7 Å². The Kier molecular flexibility index (Phi) is 5.71. The fourth-order valence-corrected chi connectivity index (χ4v) is 3.01. The van der Waals surface area contributed by atoms with Crippen LogP contribution in [0.25, 0.3) is 0 Å². The van der Waals surface area contributed by atoms with E-state index in [1.807, 2.05) is 0 Å². The summed E-state index contributed by atoms with van der Waals surface area (Å²) in [5.74, 6) is 1.74. The van der Waals surface area contributed by atoms with Crippen molar-refractivity contribution in [3.63, 3.8) is 0 Å². The van der Waals surface area contributed by atoms with Gasteiger partial charge in [-0.15, -0.1) is 0 Å². The van der Waals surface area contributed by atoms with Crippen molar-refractivity contribution in [1.82, 2.24) is 5.32 Å². The second-order valence-corrected chi connectivity index (χ2v) is 5.91. The molecule has 0 aromatic heterocycles. The van der Waals surface area contributed by atoms with Crippen LogP contribution < -0.4 is 25.3 Å². The molecule has 1 aromatic rings. The summed E-state index contributed by atoms with van der Waals surface area (Å²) in [5.41, 5.74) is 6.27. The zero-order valence-electron chi connectivity index (χ0n) is 14.1. The smallest absolute Gasteiger partial charge is 0.240 e. The molecule has 0 atom stereocenters. The van der Waals surface area contributed by atoms with Crippen LogP contribution in [-0.4, -0.2) is 32.8 Å². The molecule has 6 heteroatoms. The third-order valence-corrected chi connectivity index (χ3v) is 4.44. The molecule has 1 amide bonds. The molecule has 0 aliphatic heterocycles. The van der Waals surface area contributed by atoms with Gasteiger partial charge in [0.25, 0.3) is 0 Å². The summed E-state index contributed by atoms with van der Waals surface area (Å²) in [5, 5.41) is 2.93. The lowest BCUT2D eigenvalue weighted by atomic mass is 9.82. The van der Waals surface area contributed by atoms with Gasteiger partial charge in [0, 0.05) is 12.1 Å². The highest BCUT2D eigenvalue weighted by Crippen LogP contribution is 2.34. The summed E-state index contributed by atoms with van der Waals surface area (Å²) in [6.45, 7) is 0.300. The topological polar surface area (TPSA) is 82.8 Å². The Bertz CT molecular complexity index is 529. The number of rotatable bonds is 6. The van der Waals surface area contributed by atoms with Gasteiger partial charge in [-0.05, 0) is 12.8 Å². The predicted octanol–water partition coefficient (Wildman–Crippen LogP) is 1.99. The Morgan fingerprint density at radius 2 is 1.65 bits per heavy atom. The normalized spacial score (nSPS) is 16.5. The van der Waals surface area contributed by atoms with Crippen molar-refractivity contribution in [2.24, 2.45) is 5.73 Å². The van der Waals surface area contributed by atoms with E-state index >= 15 is 0 Å². The van der Waals surface area contributed by atoms with Crippen LogP contribution in [0.15, 0.2) is 12.1 Å². The first kappa shape index (κ1) is 17.4. The van der Waals surface area contributed by atoms with Crippen molar-refractivity contribution >= 4 is 5.91 Å². The molecule has 1 fully saturated rings. The lowest BCUT2D eigenvalue weighted by Crippen LogP contribution is -2.54. The fraction of sp³-hybridized carbons (Fsp3) is 0.588. The van der Waals surface area contributed by atoms with Crippen molar-refractivity contribution in [3.8, 4) is 17.2 Å². The van der Waals surface area contributed by atoms with Gasteiger partial charge in [0.2, 0.25) is 5.91 Å². The van der Waals surface area contributed by atoms with Crippen LogP contribution in [0.2, 0.25) is 0 Å². The summed E-state index contributed by atoms with van der Waals surface area (Å²) >= 11 is 0. The predicted molar refractivity (Wildman–Crippen MR) is 87.9 cm³/mol. The summed E-state index contributed by atoms with van der Waals surface area (Å²) in [6, 6.07) is 3.53. The van der Waals surface area contributed by atoms with E-state index in [1.165, 1.54) is 0 Å². The number of ether oxygens (including phenoxy) is 3. The minimum atomic E-state index is -0.759. The molecule has 128 valence electrons. The molecule has 1 aliphatic carbocycles. The number of methoxy groups -OCH3 is 3. The van der Waals surface area contributed by atoms with Gasteiger partial charge in [-0.2, -0.15) is 0 Å². The van der Waals surface area contributed by atoms with Crippen molar-refractivity contribution < 1.29 is 19.0 Å². The lowest BCUT2D eigenvalue weighted by Gasteiger charge is -2.32. The van der Waals surface area contributed by atoms with Gasteiger partial charge in [0.1, 0.15) is 17.2 Å². The highest BCUT2D eigenvalue weighted by Gasteiger charge is 2.35. The molecule has 1 aliphatic rings. The van der Waals surface area contributed by atoms with Gasteiger partial charge >= 0.3 is 0 Å². The van der Waals surface area contributed by atoms with E-state index in [0.717, 1.165) is 37.7 Å². The van der Waals surface area contributed by atoms with Crippen LogP contribution in [0.1, 0.15) is 37.7 Å². The highest BCUT2D eigenvalue weighted by molar-refractivity contribution is 5.86. The van der Waals surface area contributed by atoms with Crippen LogP contribution in [0.3, 0.4) is 0 Å². The number of carbonyl (C=O) groups excluding carboxylic acids is 1. The number of nitrogens with one attached hydrogen (secondary N) is 1. The SMILES string of the molecule is COc1cc(OC)c(CNC(=O)C2(N)CCCCC2)c(OC)c1. The van der Waals surface area contributed by atoms with Crippen LogP contribution in [0.4, 0.5) is 0 Å². The van der Waals surface area contributed by atoms with E-state index < -0.39 is 5.54 Å². The lowest BCUT2D eigenvalue weighted by molar-refractivity contribution is -0.127. The summed E-state index contributed by atoms with van der Waals surface area (Å²) in [6.07, 6.45) is 4.61. The maximum absolute atomic E-state index is 12.5. The average Bonchev–Trinajstić information content (AvgIpc) is 2.59. The van der Waals surface area contributed by atoms with Crippen LogP contribution in [0.5, 0.6) is 17.2 Å². The maximum Gasteiger partial charge on any atom is 0.240 e. The van der Waals surface area contributed by atoms with Crippen molar-refractivity contribution in [2.45, 2.75) is 44.2 Å². The molecule has 1 aromatic carbocycles. The minimum absolute atomic E-state index is 0.114. The van der Waals surface area contributed by atoms with Crippen LogP contribution in [-0.2, 0) is 11.3 Å². The second-order valence-electron chi connectivity index (χ2n) is 5.91. The van der Waals surface area contributed by atoms with Gasteiger partial charge in [0.15, 0.2) is 0 Å². The first-order chi connectivity index (χ1) is 11.0. The summed E-state index contributed by atoms with van der Waals surface area (Å²) in [7, 11) is 4.73. The van der Waals surface area contributed by atoms with Gasteiger partial charge in [-0.3, -0.25) is 4.79 Å². The van der Waals surface area contributed by atoms with E-state index in [4.69, 9.17) is 19.9 Å². The van der Waals surface area contributed by atoms with Gasteiger partial charge < -0.3 is 25.3 Å². The Labute approximate surface area is 137 Å². The van der Waals surface area contributed by atoms with E-state index in [9.17, 15) is 4.79 Å². The van der Waals surface area contributed by atoms with E-state index in [2.05, 4.69) is 5.32 Å².